The number of rotatable bonds is 4. The average Bonchev–Trinajstić information content (AvgIpc) is 3.05. The molecule has 150 valence electrons. The van der Waals surface area contributed by atoms with Gasteiger partial charge in [-0.15, -0.1) is 11.3 Å². The molecule has 0 atom stereocenters. The number of anilines is 1. The normalized spacial score (nSPS) is 17.8. The number of hydrogen-bond donors (Lipinski definition) is 2. The number of pyridine rings is 1. The second kappa shape index (κ2) is 8.52. The summed E-state index contributed by atoms with van der Waals surface area (Å²) in [5.74, 6) is 3.83. The van der Waals surface area contributed by atoms with Crippen molar-refractivity contribution in [2.24, 2.45) is 5.92 Å². The number of nitrogens with one attached hydrogen (secondary N) is 1. The molecule has 2 heterocycles. The van der Waals surface area contributed by atoms with Gasteiger partial charge in [0.15, 0.2) is 5.82 Å². The van der Waals surface area contributed by atoms with Crippen LogP contribution >= 0.6 is 11.3 Å². The third-order valence-electron chi connectivity index (χ3n) is 4.22. The Kier molecular flexibility index (Phi) is 6.06. The van der Waals surface area contributed by atoms with Gasteiger partial charge in [0, 0.05) is 18.2 Å². The predicted molar refractivity (Wildman–Crippen MR) is 99.3 cm³/mol. The van der Waals surface area contributed by atoms with Gasteiger partial charge >= 0.3 is 0 Å². The standard InChI is InChI=1S/C19H14F3N3O3S/c20-14-6-12(8-25(19(14)28)9-17(21)22)24-18(27)15-5-11(16(7-23)29-15)2-1-10-3-13(26)4-10/h5-6,8,10,13,17,26H,3-4,9H2,(H,24,27)/t10-,13-. The zero-order chi connectivity index (χ0) is 21.1. The molecule has 1 amide bonds. The van der Waals surface area contributed by atoms with Crippen LogP contribution in [0.5, 0.6) is 0 Å². The Balaban J connectivity index is 1.80. The van der Waals surface area contributed by atoms with Gasteiger partial charge in [-0.25, -0.2) is 13.2 Å². The van der Waals surface area contributed by atoms with Crippen molar-refractivity contribution < 1.29 is 23.1 Å². The van der Waals surface area contributed by atoms with Gasteiger partial charge in [0.2, 0.25) is 0 Å². The van der Waals surface area contributed by atoms with Crippen molar-refractivity contribution in [3.05, 3.63) is 49.8 Å². The minimum atomic E-state index is -2.87. The van der Waals surface area contributed by atoms with E-state index in [2.05, 4.69) is 17.2 Å². The van der Waals surface area contributed by atoms with Gasteiger partial charge in [0.25, 0.3) is 17.9 Å². The summed E-state index contributed by atoms with van der Waals surface area (Å²) in [6, 6.07) is 4.10. The van der Waals surface area contributed by atoms with Crippen LogP contribution in [-0.2, 0) is 6.54 Å². The number of nitrogens with zero attached hydrogens (tertiary/aromatic N) is 2. The first kappa shape index (κ1) is 20.6. The first-order valence-corrected chi connectivity index (χ1v) is 9.31. The number of aromatic nitrogens is 1. The molecule has 1 aliphatic carbocycles. The Morgan fingerprint density at radius 3 is 2.76 bits per heavy atom. The molecule has 6 nitrogen and oxygen atoms in total. The van der Waals surface area contributed by atoms with Gasteiger partial charge in [0.05, 0.1) is 28.8 Å². The van der Waals surface area contributed by atoms with Crippen LogP contribution in [0.4, 0.5) is 18.9 Å². The number of aliphatic hydroxyl groups is 1. The van der Waals surface area contributed by atoms with Gasteiger partial charge in [-0.2, -0.15) is 5.26 Å². The SMILES string of the molecule is N#Cc1sc(C(=O)Nc2cc(F)c(=O)n(CC(F)F)c2)cc1C#C[C@H]1C[C@H](O)C1. The molecule has 0 saturated heterocycles. The smallest absolute Gasteiger partial charge is 0.286 e. The molecule has 1 aliphatic rings. The van der Waals surface area contributed by atoms with Crippen LogP contribution in [0, 0.1) is 34.9 Å². The van der Waals surface area contributed by atoms with Crippen LogP contribution in [0.1, 0.15) is 33.0 Å². The van der Waals surface area contributed by atoms with Crippen LogP contribution in [0.15, 0.2) is 23.1 Å². The summed E-state index contributed by atoms with van der Waals surface area (Å²) in [6.45, 7) is -1.01. The van der Waals surface area contributed by atoms with Crippen LogP contribution in [0.25, 0.3) is 0 Å². The summed E-state index contributed by atoms with van der Waals surface area (Å²) in [5.41, 5.74) is -1.03. The van der Waals surface area contributed by atoms with Gasteiger partial charge in [-0.3, -0.25) is 9.59 Å². The van der Waals surface area contributed by atoms with Crippen molar-refractivity contribution in [2.75, 3.05) is 5.32 Å². The molecule has 1 saturated carbocycles. The topological polar surface area (TPSA) is 95.1 Å². The van der Waals surface area contributed by atoms with Crippen molar-refractivity contribution in [3.8, 4) is 17.9 Å². The summed E-state index contributed by atoms with van der Waals surface area (Å²) in [7, 11) is 0. The van der Waals surface area contributed by atoms with E-state index in [4.69, 9.17) is 0 Å². The Morgan fingerprint density at radius 1 is 1.41 bits per heavy atom. The summed E-state index contributed by atoms with van der Waals surface area (Å²) in [4.78, 5) is 24.3. The Labute approximate surface area is 167 Å². The van der Waals surface area contributed by atoms with Crippen molar-refractivity contribution in [3.63, 3.8) is 0 Å². The van der Waals surface area contributed by atoms with E-state index in [-0.39, 0.29) is 27.5 Å². The number of alkyl halides is 2. The van der Waals surface area contributed by atoms with E-state index in [1.165, 1.54) is 6.07 Å². The lowest BCUT2D eigenvalue weighted by Gasteiger charge is -2.26. The highest BCUT2D eigenvalue weighted by molar-refractivity contribution is 7.14. The molecule has 0 radical (unpaired) electrons. The molecule has 1 fully saturated rings. The number of aliphatic hydroxyl groups excluding tert-OH is 1. The largest absolute Gasteiger partial charge is 0.393 e. The van der Waals surface area contributed by atoms with Crippen LogP contribution in [0.2, 0.25) is 0 Å². The van der Waals surface area contributed by atoms with Crippen molar-refractivity contribution in [1.82, 2.24) is 4.57 Å². The molecular formula is C19H14F3N3O3S. The summed E-state index contributed by atoms with van der Waals surface area (Å²) >= 11 is 0.880. The minimum absolute atomic E-state index is 0.0348. The van der Waals surface area contributed by atoms with Crippen molar-refractivity contribution in [2.45, 2.75) is 31.9 Å². The second-order valence-electron chi connectivity index (χ2n) is 6.44. The third kappa shape index (κ3) is 4.86. The number of hydrogen-bond acceptors (Lipinski definition) is 5. The van der Waals surface area contributed by atoms with Crippen LogP contribution in [0.3, 0.4) is 0 Å². The number of nitriles is 1. The monoisotopic (exact) mass is 421 g/mol. The fourth-order valence-electron chi connectivity index (χ4n) is 2.71. The molecule has 0 unspecified atom stereocenters. The van der Waals surface area contributed by atoms with E-state index in [1.54, 1.807) is 0 Å². The van der Waals surface area contributed by atoms with E-state index < -0.39 is 30.3 Å². The van der Waals surface area contributed by atoms with E-state index in [1.807, 2.05) is 6.07 Å². The fraction of sp³-hybridized carbons (Fsp3) is 0.316. The summed E-state index contributed by atoms with van der Waals surface area (Å²) in [5, 5.41) is 20.8. The number of carbonyl (C=O) groups is 1. The van der Waals surface area contributed by atoms with Gasteiger partial charge in [0.1, 0.15) is 10.9 Å². The zero-order valence-corrected chi connectivity index (χ0v) is 15.6. The predicted octanol–water partition coefficient (Wildman–Crippen LogP) is 2.56. The molecule has 2 N–H and O–H groups in total. The minimum Gasteiger partial charge on any atom is -0.393 e. The van der Waals surface area contributed by atoms with E-state index in [9.17, 15) is 33.1 Å². The van der Waals surface area contributed by atoms with Crippen LogP contribution < -0.4 is 10.9 Å². The lowest BCUT2D eigenvalue weighted by molar-refractivity contribution is 0.0665. The maximum Gasteiger partial charge on any atom is 0.286 e. The highest BCUT2D eigenvalue weighted by Crippen LogP contribution is 2.27. The molecular weight excluding hydrogens is 407 g/mol. The maximum absolute atomic E-state index is 13.7. The molecule has 2 aromatic heterocycles. The summed E-state index contributed by atoms with van der Waals surface area (Å²) < 4.78 is 39.2. The maximum atomic E-state index is 13.7. The Hall–Kier alpha value is -3.08. The van der Waals surface area contributed by atoms with Gasteiger partial charge in [-0.1, -0.05) is 11.8 Å². The van der Waals surface area contributed by atoms with Crippen molar-refractivity contribution >= 4 is 22.9 Å². The Bertz CT molecular complexity index is 1100. The lowest BCUT2D eigenvalue weighted by Crippen LogP contribution is -2.26. The lowest BCUT2D eigenvalue weighted by atomic mass is 9.83. The summed E-state index contributed by atoms with van der Waals surface area (Å²) in [6.07, 6.45) is -1.18. The van der Waals surface area contributed by atoms with E-state index in [0.29, 0.717) is 23.0 Å². The first-order valence-electron chi connectivity index (χ1n) is 8.50. The number of amides is 1. The van der Waals surface area contributed by atoms with Gasteiger partial charge < -0.3 is 15.0 Å². The molecule has 0 aromatic carbocycles. The highest BCUT2D eigenvalue weighted by Gasteiger charge is 2.25. The zero-order valence-electron chi connectivity index (χ0n) is 14.8. The number of thiophene rings is 1. The Morgan fingerprint density at radius 2 is 2.14 bits per heavy atom. The molecule has 10 heteroatoms. The van der Waals surface area contributed by atoms with E-state index >= 15 is 0 Å². The van der Waals surface area contributed by atoms with Crippen LogP contribution in [-0.4, -0.2) is 28.1 Å². The fourth-order valence-corrected chi connectivity index (χ4v) is 3.51. The third-order valence-corrected chi connectivity index (χ3v) is 5.25. The quantitative estimate of drug-likeness (QED) is 0.742. The molecule has 0 bridgehead atoms. The molecule has 2 aromatic rings. The molecule has 0 spiro atoms. The van der Waals surface area contributed by atoms with E-state index in [0.717, 1.165) is 23.6 Å². The molecule has 3 rings (SSSR count). The average molecular weight is 421 g/mol. The van der Waals surface area contributed by atoms with Gasteiger partial charge in [-0.05, 0) is 18.9 Å². The molecule has 29 heavy (non-hydrogen) atoms. The first-order chi connectivity index (χ1) is 13.8. The van der Waals surface area contributed by atoms with Crippen molar-refractivity contribution in [1.29, 1.82) is 5.26 Å². The second-order valence-corrected chi connectivity index (χ2v) is 7.49. The number of carbonyl (C=O) groups excluding carboxylic acids is 1. The number of halogens is 3. The molecule has 0 aliphatic heterocycles. The highest BCUT2D eigenvalue weighted by atomic mass is 32.1.